The molecule has 2 aromatic heterocycles. The minimum absolute atomic E-state index is 0.236. The number of anilines is 2. The highest BCUT2D eigenvalue weighted by atomic mass is 32.1. The van der Waals surface area contributed by atoms with Crippen LogP contribution in [0.5, 0.6) is 5.75 Å². The Morgan fingerprint density at radius 3 is 2.31 bits per heavy atom. The third-order valence-corrected chi connectivity index (χ3v) is 7.15. The smallest absolute Gasteiger partial charge is 0.267 e. The van der Waals surface area contributed by atoms with E-state index in [0.29, 0.717) is 10.6 Å². The van der Waals surface area contributed by atoms with Crippen molar-refractivity contribution in [2.45, 2.75) is 13.8 Å². The summed E-state index contributed by atoms with van der Waals surface area (Å²) in [6.45, 7) is 4.02. The number of aromatic nitrogens is 1. The standard InChI is InChI=1S/C29H25N3O2S/c1-17-8-10-19(11-9-17)22-16-24(20-12-14-21(34-3)15-13-20)32-29-25(22)26(30)27(35-29)28(33)31-23-7-5-4-6-18(23)2/h4-16H,30H2,1-3H3,(H,31,33). The minimum atomic E-state index is -0.236. The van der Waals surface area contributed by atoms with Gasteiger partial charge in [-0.05, 0) is 66.9 Å². The molecule has 0 spiro atoms. The van der Waals surface area contributed by atoms with Crippen molar-refractivity contribution in [1.82, 2.24) is 4.98 Å². The van der Waals surface area contributed by atoms with E-state index in [1.54, 1.807) is 7.11 Å². The Morgan fingerprint density at radius 1 is 0.943 bits per heavy atom. The maximum Gasteiger partial charge on any atom is 0.267 e. The van der Waals surface area contributed by atoms with Gasteiger partial charge < -0.3 is 15.8 Å². The highest BCUT2D eigenvalue weighted by Crippen LogP contribution is 2.41. The summed E-state index contributed by atoms with van der Waals surface area (Å²) in [6.07, 6.45) is 0. The number of aryl methyl sites for hydroxylation is 2. The predicted molar refractivity (Wildman–Crippen MR) is 145 cm³/mol. The number of hydrogen-bond donors (Lipinski definition) is 2. The highest BCUT2D eigenvalue weighted by Gasteiger charge is 2.22. The lowest BCUT2D eigenvalue weighted by Crippen LogP contribution is -2.12. The van der Waals surface area contributed by atoms with Crippen molar-refractivity contribution in [3.05, 3.63) is 94.9 Å². The summed E-state index contributed by atoms with van der Waals surface area (Å²) in [7, 11) is 1.65. The van der Waals surface area contributed by atoms with Gasteiger partial charge in [-0.1, -0.05) is 48.0 Å². The van der Waals surface area contributed by atoms with Gasteiger partial charge in [-0.15, -0.1) is 11.3 Å². The number of ether oxygens (including phenoxy) is 1. The van der Waals surface area contributed by atoms with Gasteiger partial charge in [0.15, 0.2) is 0 Å². The first kappa shape index (κ1) is 22.6. The molecule has 0 aliphatic carbocycles. The van der Waals surface area contributed by atoms with Gasteiger partial charge in [0.05, 0.1) is 18.5 Å². The lowest BCUT2D eigenvalue weighted by molar-refractivity contribution is 0.103. The number of methoxy groups -OCH3 is 1. The van der Waals surface area contributed by atoms with Gasteiger partial charge in [-0.2, -0.15) is 0 Å². The third-order valence-electron chi connectivity index (χ3n) is 6.05. The van der Waals surface area contributed by atoms with Crippen LogP contribution in [0.15, 0.2) is 78.9 Å². The molecule has 0 unspecified atom stereocenters. The number of para-hydroxylation sites is 1. The summed E-state index contributed by atoms with van der Waals surface area (Å²) in [5, 5.41) is 3.80. The van der Waals surface area contributed by atoms with Crippen LogP contribution in [-0.4, -0.2) is 18.0 Å². The molecule has 6 heteroatoms. The van der Waals surface area contributed by atoms with Gasteiger partial charge in [-0.3, -0.25) is 4.79 Å². The van der Waals surface area contributed by atoms with Gasteiger partial charge in [0, 0.05) is 16.6 Å². The zero-order chi connectivity index (χ0) is 24.5. The average molecular weight is 480 g/mol. The molecule has 0 aliphatic rings. The molecule has 0 saturated heterocycles. The summed E-state index contributed by atoms with van der Waals surface area (Å²) < 4.78 is 5.30. The molecule has 3 N–H and O–H groups in total. The molecule has 0 radical (unpaired) electrons. The van der Waals surface area contributed by atoms with Crippen molar-refractivity contribution in [3.8, 4) is 28.1 Å². The molecule has 0 fully saturated rings. The van der Waals surface area contributed by atoms with Crippen LogP contribution >= 0.6 is 11.3 Å². The number of hydrogen-bond acceptors (Lipinski definition) is 5. The number of pyridine rings is 1. The second-order valence-electron chi connectivity index (χ2n) is 8.44. The van der Waals surface area contributed by atoms with E-state index in [9.17, 15) is 4.79 Å². The highest BCUT2D eigenvalue weighted by molar-refractivity contribution is 7.21. The van der Waals surface area contributed by atoms with E-state index in [-0.39, 0.29) is 5.91 Å². The summed E-state index contributed by atoms with van der Waals surface area (Å²) in [5.41, 5.74) is 13.7. The second kappa shape index (κ2) is 9.24. The molecule has 35 heavy (non-hydrogen) atoms. The number of benzene rings is 3. The van der Waals surface area contributed by atoms with E-state index in [1.807, 2.05) is 61.5 Å². The Bertz CT molecular complexity index is 1540. The van der Waals surface area contributed by atoms with Crippen LogP contribution in [0.2, 0.25) is 0 Å². The topological polar surface area (TPSA) is 77.2 Å². The number of carbonyl (C=O) groups excluding carboxylic acids is 1. The van der Waals surface area contributed by atoms with Crippen molar-refractivity contribution >= 4 is 38.8 Å². The van der Waals surface area contributed by atoms with Crippen molar-refractivity contribution in [2.24, 2.45) is 0 Å². The molecule has 2 heterocycles. The van der Waals surface area contributed by atoms with Gasteiger partial charge in [0.2, 0.25) is 0 Å². The molecule has 174 valence electrons. The van der Waals surface area contributed by atoms with E-state index >= 15 is 0 Å². The fourth-order valence-corrected chi connectivity index (χ4v) is 5.07. The molecule has 0 aliphatic heterocycles. The zero-order valence-corrected chi connectivity index (χ0v) is 20.6. The molecule has 5 rings (SSSR count). The number of nitrogens with two attached hydrogens (primary N) is 1. The molecule has 3 aromatic carbocycles. The fraction of sp³-hybridized carbons (Fsp3) is 0.103. The number of fused-ring (bicyclic) bond motifs is 1. The molecule has 0 bridgehead atoms. The van der Waals surface area contributed by atoms with Crippen LogP contribution < -0.4 is 15.8 Å². The Hall–Kier alpha value is -4.16. The lowest BCUT2D eigenvalue weighted by Gasteiger charge is -2.10. The first-order valence-electron chi connectivity index (χ1n) is 11.3. The largest absolute Gasteiger partial charge is 0.497 e. The first-order valence-corrected chi connectivity index (χ1v) is 12.1. The van der Waals surface area contributed by atoms with Crippen molar-refractivity contribution in [1.29, 1.82) is 0 Å². The predicted octanol–water partition coefficient (Wildman–Crippen LogP) is 7.09. The lowest BCUT2D eigenvalue weighted by atomic mass is 9.98. The third kappa shape index (κ3) is 4.36. The molecular weight excluding hydrogens is 454 g/mol. The maximum absolute atomic E-state index is 13.3. The van der Waals surface area contributed by atoms with E-state index < -0.39 is 0 Å². The first-order chi connectivity index (χ1) is 16.9. The van der Waals surface area contributed by atoms with Crippen molar-refractivity contribution in [2.75, 3.05) is 18.2 Å². The van der Waals surface area contributed by atoms with Crippen LogP contribution in [0.3, 0.4) is 0 Å². The molecule has 5 aromatic rings. The van der Waals surface area contributed by atoms with E-state index in [4.69, 9.17) is 15.5 Å². The van der Waals surface area contributed by atoms with Crippen LogP contribution in [0.1, 0.15) is 20.8 Å². The van der Waals surface area contributed by atoms with Crippen molar-refractivity contribution in [3.63, 3.8) is 0 Å². The maximum atomic E-state index is 13.3. The number of carbonyl (C=O) groups is 1. The molecular formula is C29H25N3O2S. The number of rotatable bonds is 5. The van der Waals surface area contributed by atoms with Gasteiger partial charge in [0.25, 0.3) is 5.91 Å². The summed E-state index contributed by atoms with van der Waals surface area (Å²) in [5.74, 6) is 0.546. The molecule has 1 amide bonds. The second-order valence-corrected chi connectivity index (χ2v) is 9.44. The van der Waals surface area contributed by atoms with Crippen LogP contribution in [-0.2, 0) is 0 Å². The van der Waals surface area contributed by atoms with Crippen LogP contribution in [0.25, 0.3) is 32.6 Å². The average Bonchev–Trinajstić information content (AvgIpc) is 3.22. The molecule has 5 nitrogen and oxygen atoms in total. The number of nitrogens with one attached hydrogen (secondary N) is 1. The summed E-state index contributed by atoms with van der Waals surface area (Å²) in [6, 6.07) is 25.8. The van der Waals surface area contributed by atoms with E-state index in [0.717, 1.165) is 49.6 Å². The number of thiophene rings is 1. The fourth-order valence-electron chi connectivity index (χ4n) is 4.05. The summed E-state index contributed by atoms with van der Waals surface area (Å²) >= 11 is 1.31. The quantitative estimate of drug-likeness (QED) is 0.282. The number of nitrogen functional groups attached to an aromatic ring is 1. The van der Waals surface area contributed by atoms with Gasteiger partial charge in [-0.25, -0.2) is 4.98 Å². The number of amides is 1. The van der Waals surface area contributed by atoms with E-state index in [2.05, 4.69) is 36.5 Å². The Morgan fingerprint density at radius 2 is 1.63 bits per heavy atom. The van der Waals surface area contributed by atoms with Crippen LogP contribution in [0.4, 0.5) is 11.4 Å². The minimum Gasteiger partial charge on any atom is -0.497 e. The molecule has 0 saturated carbocycles. The van der Waals surface area contributed by atoms with Gasteiger partial charge >= 0.3 is 0 Å². The SMILES string of the molecule is COc1ccc(-c2cc(-c3ccc(C)cc3)c3c(N)c(C(=O)Nc4ccccc4C)sc3n2)cc1. The van der Waals surface area contributed by atoms with Gasteiger partial charge in [0.1, 0.15) is 15.5 Å². The summed E-state index contributed by atoms with van der Waals surface area (Å²) in [4.78, 5) is 19.3. The van der Waals surface area contributed by atoms with Crippen LogP contribution in [0, 0.1) is 13.8 Å². The monoisotopic (exact) mass is 479 g/mol. The van der Waals surface area contributed by atoms with Crippen molar-refractivity contribution < 1.29 is 9.53 Å². The zero-order valence-electron chi connectivity index (χ0n) is 19.8. The Kier molecular flexibility index (Phi) is 5.97. The normalized spacial score (nSPS) is 10.9. The Balaban J connectivity index is 1.67. The Labute approximate surface area is 208 Å². The number of nitrogens with zero attached hydrogens (tertiary/aromatic N) is 1. The van der Waals surface area contributed by atoms with E-state index in [1.165, 1.54) is 16.9 Å². The molecule has 0 atom stereocenters.